The molecule has 2 rings (SSSR count). The van der Waals surface area contributed by atoms with Crippen LogP contribution in [0.15, 0.2) is 18.2 Å². The molecule has 0 fully saturated rings. The lowest BCUT2D eigenvalue weighted by atomic mass is 10.2. The highest BCUT2D eigenvalue weighted by molar-refractivity contribution is 5.97. The molecule has 5 nitrogen and oxygen atoms in total. The summed E-state index contributed by atoms with van der Waals surface area (Å²) in [7, 11) is 0. The second-order valence-corrected chi connectivity index (χ2v) is 3.20. The monoisotopic (exact) mass is 202 g/mol. The molecule has 0 aliphatic rings. The number of benzene rings is 1. The molecule has 1 aromatic heterocycles. The number of carbonyl (C=O) groups is 1. The van der Waals surface area contributed by atoms with Crippen LogP contribution < -0.4 is 5.73 Å². The van der Waals surface area contributed by atoms with Crippen molar-refractivity contribution in [2.75, 3.05) is 0 Å². The maximum Gasteiger partial charge on any atom is 0.127 e. The molecule has 1 aromatic carbocycles. The number of H-pyrrole nitrogens is 1. The van der Waals surface area contributed by atoms with Crippen LogP contribution >= 0.6 is 0 Å². The number of amidine groups is 1. The van der Waals surface area contributed by atoms with E-state index in [0.717, 1.165) is 17.3 Å². The highest BCUT2D eigenvalue weighted by Gasteiger charge is 2.04. The average Bonchev–Trinajstić information content (AvgIpc) is 2.59. The zero-order valence-electron chi connectivity index (χ0n) is 7.95. The topological polar surface area (TPSA) is 95.6 Å². The van der Waals surface area contributed by atoms with Gasteiger partial charge in [0.05, 0.1) is 17.5 Å². The van der Waals surface area contributed by atoms with Gasteiger partial charge in [0.2, 0.25) is 0 Å². The predicted octanol–water partition coefficient (Wildman–Crippen LogP) is 0.588. The average molecular weight is 202 g/mol. The van der Waals surface area contributed by atoms with Crippen molar-refractivity contribution in [3.05, 3.63) is 29.6 Å². The number of hydrogen-bond acceptors (Lipinski definition) is 3. The number of hydrogen-bond donors (Lipinski definition) is 3. The SMILES string of the molecule is N=C(N)c1ccc2nc(CC=O)[nH]c2c1. The first-order valence-electron chi connectivity index (χ1n) is 4.47. The summed E-state index contributed by atoms with van der Waals surface area (Å²) in [5.41, 5.74) is 7.57. The standard InChI is InChI=1S/C10H10N4O/c11-10(12)6-1-2-7-8(5-6)14-9(13-7)3-4-15/h1-2,4-5H,3H2,(H3,11,12)(H,13,14). The van der Waals surface area contributed by atoms with Gasteiger partial charge in [-0.15, -0.1) is 0 Å². The Labute approximate surface area is 85.8 Å². The van der Waals surface area contributed by atoms with Crippen LogP contribution in [0.25, 0.3) is 11.0 Å². The number of aromatic amines is 1. The fraction of sp³-hybridized carbons (Fsp3) is 0.100. The molecule has 15 heavy (non-hydrogen) atoms. The van der Waals surface area contributed by atoms with E-state index in [9.17, 15) is 4.79 Å². The predicted molar refractivity (Wildman–Crippen MR) is 56.9 cm³/mol. The van der Waals surface area contributed by atoms with E-state index in [-0.39, 0.29) is 12.3 Å². The molecule has 2 aromatic rings. The van der Waals surface area contributed by atoms with Gasteiger partial charge in [-0.1, -0.05) is 0 Å². The van der Waals surface area contributed by atoms with E-state index < -0.39 is 0 Å². The number of rotatable bonds is 3. The van der Waals surface area contributed by atoms with E-state index in [1.54, 1.807) is 18.2 Å². The number of nitrogens with zero attached hydrogens (tertiary/aromatic N) is 1. The molecule has 0 aliphatic carbocycles. The van der Waals surface area contributed by atoms with Gasteiger partial charge >= 0.3 is 0 Å². The van der Waals surface area contributed by atoms with Crippen molar-refractivity contribution in [3.63, 3.8) is 0 Å². The molecule has 0 radical (unpaired) electrons. The lowest BCUT2D eigenvalue weighted by molar-refractivity contribution is -0.107. The number of nitrogen functional groups attached to an aromatic ring is 1. The van der Waals surface area contributed by atoms with Gasteiger partial charge in [0.15, 0.2) is 0 Å². The van der Waals surface area contributed by atoms with E-state index >= 15 is 0 Å². The number of imidazole rings is 1. The van der Waals surface area contributed by atoms with Crippen molar-refractivity contribution in [2.45, 2.75) is 6.42 Å². The number of carbonyl (C=O) groups excluding carboxylic acids is 1. The van der Waals surface area contributed by atoms with Crippen LogP contribution in [0, 0.1) is 5.41 Å². The van der Waals surface area contributed by atoms with Crippen LogP contribution in [0.2, 0.25) is 0 Å². The van der Waals surface area contributed by atoms with Gasteiger partial charge in [-0.3, -0.25) is 5.41 Å². The first kappa shape index (κ1) is 9.39. The number of nitrogens with two attached hydrogens (primary N) is 1. The Hall–Kier alpha value is -2.17. The molecule has 0 bridgehead atoms. The molecule has 0 saturated heterocycles. The Morgan fingerprint density at radius 3 is 3.07 bits per heavy atom. The van der Waals surface area contributed by atoms with E-state index in [1.807, 2.05) is 0 Å². The minimum atomic E-state index is 0.0171. The molecular formula is C10H10N4O. The Morgan fingerprint density at radius 1 is 1.60 bits per heavy atom. The number of aromatic nitrogens is 2. The Bertz CT molecular complexity index is 529. The van der Waals surface area contributed by atoms with Gasteiger partial charge in [0.25, 0.3) is 0 Å². The van der Waals surface area contributed by atoms with Crippen LogP contribution in [0.4, 0.5) is 0 Å². The molecule has 0 aliphatic heterocycles. The van der Waals surface area contributed by atoms with Gasteiger partial charge in [0, 0.05) is 5.56 Å². The van der Waals surface area contributed by atoms with Crippen LogP contribution in [0.5, 0.6) is 0 Å². The van der Waals surface area contributed by atoms with Gasteiger partial charge in [-0.25, -0.2) is 4.98 Å². The molecule has 0 spiro atoms. The Morgan fingerprint density at radius 2 is 2.40 bits per heavy atom. The summed E-state index contributed by atoms with van der Waals surface area (Å²) in [5, 5.41) is 7.29. The summed E-state index contributed by atoms with van der Waals surface area (Å²) < 4.78 is 0. The third-order valence-corrected chi connectivity index (χ3v) is 2.12. The molecule has 1 heterocycles. The van der Waals surface area contributed by atoms with E-state index in [1.165, 1.54) is 0 Å². The second kappa shape index (κ2) is 3.53. The maximum atomic E-state index is 10.3. The van der Waals surface area contributed by atoms with E-state index in [2.05, 4.69) is 9.97 Å². The van der Waals surface area contributed by atoms with Crippen molar-refractivity contribution < 1.29 is 4.79 Å². The lowest BCUT2D eigenvalue weighted by Crippen LogP contribution is -2.10. The number of fused-ring (bicyclic) bond motifs is 1. The molecule has 0 unspecified atom stereocenters. The highest BCUT2D eigenvalue weighted by atomic mass is 16.1. The van der Waals surface area contributed by atoms with E-state index in [4.69, 9.17) is 11.1 Å². The largest absolute Gasteiger partial charge is 0.384 e. The van der Waals surface area contributed by atoms with Crippen molar-refractivity contribution in [3.8, 4) is 0 Å². The van der Waals surface area contributed by atoms with Crippen LogP contribution in [0.1, 0.15) is 11.4 Å². The minimum Gasteiger partial charge on any atom is -0.384 e. The Balaban J connectivity index is 2.51. The normalized spacial score (nSPS) is 10.4. The maximum absolute atomic E-state index is 10.3. The van der Waals surface area contributed by atoms with Crippen molar-refractivity contribution >= 4 is 23.2 Å². The first-order chi connectivity index (χ1) is 7.20. The molecule has 76 valence electrons. The van der Waals surface area contributed by atoms with Crippen molar-refractivity contribution in [1.29, 1.82) is 5.41 Å². The van der Waals surface area contributed by atoms with Gasteiger partial charge in [-0.2, -0.15) is 0 Å². The number of nitrogens with one attached hydrogen (secondary N) is 2. The zero-order valence-corrected chi connectivity index (χ0v) is 7.95. The third-order valence-electron chi connectivity index (χ3n) is 2.12. The fourth-order valence-electron chi connectivity index (χ4n) is 1.41. The summed E-state index contributed by atoms with van der Waals surface area (Å²) in [6.07, 6.45) is 1.06. The first-order valence-corrected chi connectivity index (χ1v) is 4.47. The molecule has 0 atom stereocenters. The second-order valence-electron chi connectivity index (χ2n) is 3.20. The molecule has 4 N–H and O–H groups in total. The van der Waals surface area contributed by atoms with Crippen LogP contribution in [0.3, 0.4) is 0 Å². The van der Waals surface area contributed by atoms with Gasteiger partial charge in [-0.05, 0) is 18.2 Å². The molecule has 5 heteroatoms. The van der Waals surface area contributed by atoms with Crippen LogP contribution in [-0.2, 0) is 11.2 Å². The van der Waals surface area contributed by atoms with E-state index in [0.29, 0.717) is 11.4 Å². The van der Waals surface area contributed by atoms with Crippen LogP contribution in [-0.4, -0.2) is 22.1 Å². The number of aldehydes is 1. The smallest absolute Gasteiger partial charge is 0.127 e. The van der Waals surface area contributed by atoms with Gasteiger partial charge in [0.1, 0.15) is 17.9 Å². The highest BCUT2D eigenvalue weighted by Crippen LogP contribution is 2.13. The summed E-state index contributed by atoms with van der Waals surface area (Å²) in [5.74, 6) is 0.643. The molecular weight excluding hydrogens is 192 g/mol. The summed E-state index contributed by atoms with van der Waals surface area (Å²) in [4.78, 5) is 17.5. The third kappa shape index (κ3) is 1.71. The molecule has 0 amide bonds. The fourth-order valence-corrected chi connectivity index (χ4v) is 1.41. The zero-order chi connectivity index (χ0) is 10.8. The Kier molecular flexibility index (Phi) is 2.21. The van der Waals surface area contributed by atoms with Crippen molar-refractivity contribution in [1.82, 2.24) is 9.97 Å². The summed E-state index contributed by atoms with van der Waals surface area (Å²) >= 11 is 0. The lowest BCUT2D eigenvalue weighted by Gasteiger charge is -1.96. The molecule has 0 saturated carbocycles. The quantitative estimate of drug-likeness (QED) is 0.386. The summed E-state index contributed by atoms with van der Waals surface area (Å²) in [6, 6.07) is 5.26. The summed E-state index contributed by atoms with van der Waals surface area (Å²) in [6.45, 7) is 0. The minimum absolute atomic E-state index is 0.0171. The van der Waals surface area contributed by atoms with Crippen molar-refractivity contribution in [2.24, 2.45) is 5.73 Å². The van der Waals surface area contributed by atoms with Gasteiger partial charge < -0.3 is 15.5 Å².